The first-order valence-corrected chi connectivity index (χ1v) is 5.19. The Morgan fingerprint density at radius 3 is 2.31 bits per heavy atom. The predicted octanol–water partition coefficient (Wildman–Crippen LogP) is 1.64. The van der Waals surface area contributed by atoms with Crippen molar-refractivity contribution in [3.05, 3.63) is 6.23 Å². The van der Waals surface area contributed by atoms with Crippen LogP contribution in [0.5, 0.6) is 0 Å². The van der Waals surface area contributed by atoms with E-state index in [0.717, 1.165) is 38.8 Å². The first-order valence-electron chi connectivity index (χ1n) is 5.19. The standard InChI is InChI=1S/C10H20NO2/c1-3-5-11(6-4-2)10-9-12-7-8-13-10/h3-9H2,1-2H3. The van der Waals surface area contributed by atoms with Crippen molar-refractivity contribution in [2.24, 2.45) is 0 Å². The molecule has 1 rings (SSSR count). The zero-order valence-corrected chi connectivity index (χ0v) is 8.71. The molecule has 0 aliphatic carbocycles. The molecule has 1 radical (unpaired) electrons. The molecule has 77 valence electrons. The Morgan fingerprint density at radius 2 is 1.85 bits per heavy atom. The number of nitrogens with zero attached hydrogens (tertiary/aromatic N) is 1. The highest BCUT2D eigenvalue weighted by Gasteiger charge is 2.22. The molecule has 1 fully saturated rings. The topological polar surface area (TPSA) is 21.7 Å². The summed E-state index contributed by atoms with van der Waals surface area (Å²) in [6, 6.07) is 0. The molecule has 0 saturated carbocycles. The second-order valence-electron chi connectivity index (χ2n) is 3.28. The lowest BCUT2D eigenvalue weighted by molar-refractivity contribution is -0.0828. The molecule has 1 aliphatic rings. The maximum Gasteiger partial charge on any atom is 0.190 e. The molecular weight excluding hydrogens is 166 g/mol. The lowest BCUT2D eigenvalue weighted by Crippen LogP contribution is -2.38. The largest absolute Gasteiger partial charge is 0.374 e. The van der Waals surface area contributed by atoms with E-state index in [9.17, 15) is 0 Å². The molecule has 1 aliphatic heterocycles. The van der Waals surface area contributed by atoms with Crippen LogP contribution < -0.4 is 0 Å². The van der Waals surface area contributed by atoms with Gasteiger partial charge in [-0.05, 0) is 12.8 Å². The molecule has 3 nitrogen and oxygen atoms in total. The molecule has 1 saturated heterocycles. The average molecular weight is 186 g/mol. The minimum absolute atomic E-state index is 0.653. The number of hydrogen-bond acceptors (Lipinski definition) is 3. The van der Waals surface area contributed by atoms with Crippen molar-refractivity contribution in [3.63, 3.8) is 0 Å². The fourth-order valence-electron chi connectivity index (χ4n) is 1.50. The number of ether oxygens (including phenoxy) is 2. The van der Waals surface area contributed by atoms with E-state index in [4.69, 9.17) is 9.47 Å². The lowest BCUT2D eigenvalue weighted by Gasteiger charge is -2.32. The van der Waals surface area contributed by atoms with Gasteiger partial charge in [0.2, 0.25) is 0 Å². The van der Waals surface area contributed by atoms with Gasteiger partial charge in [-0.1, -0.05) is 13.8 Å². The van der Waals surface area contributed by atoms with Crippen LogP contribution in [0.3, 0.4) is 0 Å². The Morgan fingerprint density at radius 1 is 1.15 bits per heavy atom. The molecular formula is C10H20NO2. The van der Waals surface area contributed by atoms with Crippen molar-refractivity contribution < 1.29 is 9.47 Å². The van der Waals surface area contributed by atoms with E-state index in [-0.39, 0.29) is 0 Å². The Hall–Kier alpha value is -0.120. The highest BCUT2D eigenvalue weighted by Crippen LogP contribution is 2.15. The Labute approximate surface area is 81.0 Å². The van der Waals surface area contributed by atoms with Crippen molar-refractivity contribution >= 4 is 0 Å². The van der Waals surface area contributed by atoms with Crippen LogP contribution in [0, 0.1) is 6.23 Å². The molecule has 0 aromatic carbocycles. The summed E-state index contributed by atoms with van der Waals surface area (Å²) in [4.78, 5) is 2.29. The van der Waals surface area contributed by atoms with Crippen LogP contribution >= 0.6 is 0 Å². The summed E-state index contributed by atoms with van der Waals surface area (Å²) in [5.41, 5.74) is 0. The number of rotatable bonds is 5. The second kappa shape index (κ2) is 6.35. The van der Waals surface area contributed by atoms with Crippen LogP contribution in [0.15, 0.2) is 0 Å². The minimum Gasteiger partial charge on any atom is -0.374 e. The molecule has 0 atom stereocenters. The molecule has 13 heavy (non-hydrogen) atoms. The van der Waals surface area contributed by atoms with E-state index in [1.807, 2.05) is 0 Å². The monoisotopic (exact) mass is 186 g/mol. The van der Waals surface area contributed by atoms with Gasteiger partial charge >= 0.3 is 0 Å². The van der Waals surface area contributed by atoms with E-state index in [1.54, 1.807) is 0 Å². The third kappa shape index (κ3) is 3.63. The Bertz CT molecular complexity index is 118. The van der Waals surface area contributed by atoms with Crippen LogP contribution in [0.25, 0.3) is 0 Å². The first kappa shape index (κ1) is 11.0. The molecule has 0 unspecified atom stereocenters. The molecule has 3 heteroatoms. The molecule has 0 bridgehead atoms. The van der Waals surface area contributed by atoms with E-state index in [2.05, 4.69) is 18.7 Å². The van der Waals surface area contributed by atoms with Crippen LogP contribution in [0.1, 0.15) is 26.7 Å². The highest BCUT2D eigenvalue weighted by atomic mass is 16.6. The maximum absolute atomic E-state index is 5.56. The SMILES string of the molecule is CCCN(CCC)[C]1COCCO1. The minimum atomic E-state index is 0.653. The fourth-order valence-corrected chi connectivity index (χ4v) is 1.50. The van der Waals surface area contributed by atoms with E-state index in [1.165, 1.54) is 0 Å². The highest BCUT2D eigenvalue weighted by molar-refractivity contribution is 4.81. The number of hydrogen-bond donors (Lipinski definition) is 0. The second-order valence-corrected chi connectivity index (χ2v) is 3.28. The van der Waals surface area contributed by atoms with Gasteiger partial charge in [-0.25, -0.2) is 0 Å². The van der Waals surface area contributed by atoms with Crippen molar-refractivity contribution in [2.75, 3.05) is 32.9 Å². The van der Waals surface area contributed by atoms with Crippen molar-refractivity contribution in [1.82, 2.24) is 4.90 Å². The van der Waals surface area contributed by atoms with Gasteiger partial charge in [0, 0.05) is 13.1 Å². The lowest BCUT2D eigenvalue weighted by atomic mass is 10.3. The summed E-state index contributed by atoms with van der Waals surface area (Å²) in [7, 11) is 0. The zero-order chi connectivity index (χ0) is 9.52. The summed E-state index contributed by atoms with van der Waals surface area (Å²) in [6.07, 6.45) is 3.34. The van der Waals surface area contributed by atoms with Crippen molar-refractivity contribution in [2.45, 2.75) is 26.7 Å². The van der Waals surface area contributed by atoms with Gasteiger partial charge in [-0.15, -0.1) is 0 Å². The van der Waals surface area contributed by atoms with Crippen molar-refractivity contribution in [3.8, 4) is 0 Å². The van der Waals surface area contributed by atoms with Gasteiger partial charge in [-0.2, -0.15) is 0 Å². The third-order valence-corrected chi connectivity index (χ3v) is 2.06. The average Bonchev–Trinajstić information content (AvgIpc) is 2.19. The van der Waals surface area contributed by atoms with Gasteiger partial charge in [-0.3, -0.25) is 4.90 Å². The summed E-state index contributed by atoms with van der Waals surface area (Å²) < 4.78 is 10.9. The Balaban J connectivity index is 2.32. The fraction of sp³-hybridized carbons (Fsp3) is 0.900. The molecule has 0 amide bonds. The van der Waals surface area contributed by atoms with Crippen LogP contribution in [0.4, 0.5) is 0 Å². The molecule has 0 aromatic rings. The zero-order valence-electron chi connectivity index (χ0n) is 8.71. The third-order valence-electron chi connectivity index (χ3n) is 2.06. The van der Waals surface area contributed by atoms with E-state index < -0.39 is 0 Å². The summed E-state index contributed by atoms with van der Waals surface area (Å²) in [5.74, 6) is 0. The van der Waals surface area contributed by atoms with Crippen LogP contribution in [-0.2, 0) is 9.47 Å². The predicted molar refractivity (Wildman–Crippen MR) is 52.2 cm³/mol. The normalized spacial score (nSPS) is 19.6. The van der Waals surface area contributed by atoms with E-state index >= 15 is 0 Å². The van der Waals surface area contributed by atoms with Gasteiger partial charge < -0.3 is 9.47 Å². The molecule has 1 heterocycles. The van der Waals surface area contributed by atoms with Gasteiger partial charge in [0.05, 0.1) is 19.8 Å². The van der Waals surface area contributed by atoms with Crippen LogP contribution in [-0.4, -0.2) is 37.8 Å². The van der Waals surface area contributed by atoms with Crippen molar-refractivity contribution in [1.29, 1.82) is 0 Å². The molecule has 0 N–H and O–H groups in total. The summed E-state index contributed by atoms with van der Waals surface area (Å²) in [5, 5.41) is 0. The maximum atomic E-state index is 5.56. The van der Waals surface area contributed by atoms with Crippen LogP contribution in [0.2, 0.25) is 0 Å². The molecule has 0 spiro atoms. The van der Waals surface area contributed by atoms with E-state index in [0.29, 0.717) is 13.2 Å². The van der Waals surface area contributed by atoms with Gasteiger partial charge in [0.1, 0.15) is 0 Å². The quantitative estimate of drug-likeness (QED) is 0.651. The summed E-state index contributed by atoms with van der Waals surface area (Å²) >= 11 is 0. The smallest absolute Gasteiger partial charge is 0.190 e. The summed E-state index contributed by atoms with van der Waals surface area (Å²) in [6.45, 7) is 8.62. The van der Waals surface area contributed by atoms with Gasteiger partial charge in [0.25, 0.3) is 0 Å². The van der Waals surface area contributed by atoms with Gasteiger partial charge in [0.15, 0.2) is 6.23 Å². The molecule has 0 aromatic heterocycles. The first-order chi connectivity index (χ1) is 6.38. The Kier molecular flexibility index (Phi) is 5.35.